The molecular formula is C15H14N2. The molecule has 0 saturated carbocycles. The largest absolute Gasteiger partial charge is 0.382 e. The van der Waals surface area contributed by atoms with E-state index in [0.29, 0.717) is 0 Å². The highest BCUT2D eigenvalue weighted by Crippen LogP contribution is 2.35. The number of benzene rings is 2. The van der Waals surface area contributed by atoms with Crippen molar-refractivity contribution in [2.45, 2.75) is 13.5 Å². The molecule has 1 aliphatic heterocycles. The van der Waals surface area contributed by atoms with Gasteiger partial charge in [-0.2, -0.15) is 0 Å². The first-order valence-electron chi connectivity index (χ1n) is 6.10. The Morgan fingerprint density at radius 2 is 2.06 bits per heavy atom. The normalized spacial score (nSPS) is 14.2. The number of hydrogen-bond acceptors (Lipinski definition) is 1. The molecule has 0 spiro atoms. The number of para-hydroxylation sites is 1. The highest BCUT2D eigenvalue weighted by Gasteiger charge is 2.16. The maximum atomic E-state index is 3.48. The van der Waals surface area contributed by atoms with E-state index in [4.69, 9.17) is 0 Å². The maximum absolute atomic E-state index is 3.48. The van der Waals surface area contributed by atoms with Crippen LogP contribution in [0.2, 0.25) is 0 Å². The minimum Gasteiger partial charge on any atom is -0.382 e. The number of hydrogen-bond donors (Lipinski definition) is 1. The standard InChI is InChI=1S/C15H14N2/c1-10-5-6-14-12(9-10)11-3-2-4-13-15(11)17(14)8-7-16-13/h2-6,9,16H,7-8H2,1H3. The zero-order valence-electron chi connectivity index (χ0n) is 9.83. The first-order chi connectivity index (χ1) is 8.34. The molecule has 1 aliphatic rings. The van der Waals surface area contributed by atoms with Crippen LogP contribution in [0.15, 0.2) is 36.4 Å². The molecule has 1 aromatic heterocycles. The molecule has 84 valence electrons. The number of fused-ring (bicyclic) bond motifs is 3. The van der Waals surface area contributed by atoms with E-state index >= 15 is 0 Å². The van der Waals surface area contributed by atoms with Gasteiger partial charge in [0.2, 0.25) is 0 Å². The fourth-order valence-electron chi connectivity index (χ4n) is 2.95. The van der Waals surface area contributed by atoms with Gasteiger partial charge in [-0.3, -0.25) is 0 Å². The predicted molar refractivity (Wildman–Crippen MR) is 72.7 cm³/mol. The molecule has 2 heterocycles. The molecule has 0 atom stereocenters. The van der Waals surface area contributed by atoms with Crippen molar-refractivity contribution in [3.8, 4) is 0 Å². The van der Waals surface area contributed by atoms with E-state index < -0.39 is 0 Å². The molecule has 0 amide bonds. The van der Waals surface area contributed by atoms with Gasteiger partial charge < -0.3 is 9.88 Å². The van der Waals surface area contributed by atoms with Crippen LogP contribution in [-0.4, -0.2) is 11.1 Å². The molecular weight excluding hydrogens is 208 g/mol. The van der Waals surface area contributed by atoms with Gasteiger partial charge in [0.05, 0.1) is 11.2 Å². The zero-order chi connectivity index (χ0) is 11.4. The third-order valence-electron chi connectivity index (χ3n) is 3.69. The molecule has 0 saturated heterocycles. The maximum Gasteiger partial charge on any atom is 0.0727 e. The van der Waals surface area contributed by atoms with Crippen LogP contribution in [0.3, 0.4) is 0 Å². The summed E-state index contributed by atoms with van der Waals surface area (Å²) in [6.07, 6.45) is 0. The van der Waals surface area contributed by atoms with Gasteiger partial charge in [0, 0.05) is 29.4 Å². The van der Waals surface area contributed by atoms with Crippen LogP contribution >= 0.6 is 0 Å². The number of rotatable bonds is 0. The van der Waals surface area contributed by atoms with Gasteiger partial charge in [-0.15, -0.1) is 0 Å². The fraction of sp³-hybridized carbons (Fsp3) is 0.200. The van der Waals surface area contributed by atoms with Gasteiger partial charge in [0.15, 0.2) is 0 Å². The lowest BCUT2D eigenvalue weighted by Gasteiger charge is -2.18. The van der Waals surface area contributed by atoms with Gasteiger partial charge >= 0.3 is 0 Å². The SMILES string of the molecule is Cc1ccc2c(c1)c1cccc3c1n2CCN3. The summed E-state index contributed by atoms with van der Waals surface area (Å²) in [4.78, 5) is 0. The summed E-state index contributed by atoms with van der Waals surface area (Å²) >= 11 is 0. The molecule has 0 radical (unpaired) electrons. The van der Waals surface area contributed by atoms with Crippen molar-refractivity contribution in [2.75, 3.05) is 11.9 Å². The van der Waals surface area contributed by atoms with Gasteiger partial charge in [-0.05, 0) is 25.1 Å². The molecule has 17 heavy (non-hydrogen) atoms. The Kier molecular flexibility index (Phi) is 1.63. The van der Waals surface area contributed by atoms with Crippen molar-refractivity contribution in [1.29, 1.82) is 0 Å². The Morgan fingerprint density at radius 3 is 3.00 bits per heavy atom. The predicted octanol–water partition coefficient (Wildman–Crippen LogP) is 3.53. The number of anilines is 1. The molecule has 4 rings (SSSR count). The Balaban J connectivity index is 2.31. The Morgan fingerprint density at radius 1 is 1.12 bits per heavy atom. The van der Waals surface area contributed by atoms with E-state index in [1.165, 1.54) is 33.1 Å². The molecule has 0 aliphatic carbocycles. The Hall–Kier alpha value is -1.96. The first kappa shape index (κ1) is 9.11. The average Bonchev–Trinajstić information content (AvgIpc) is 2.67. The van der Waals surface area contributed by atoms with Gasteiger partial charge in [-0.25, -0.2) is 0 Å². The van der Waals surface area contributed by atoms with E-state index in [9.17, 15) is 0 Å². The van der Waals surface area contributed by atoms with Crippen molar-refractivity contribution in [3.63, 3.8) is 0 Å². The highest BCUT2D eigenvalue weighted by atomic mass is 15.1. The van der Waals surface area contributed by atoms with Crippen molar-refractivity contribution in [3.05, 3.63) is 42.0 Å². The van der Waals surface area contributed by atoms with Crippen LogP contribution < -0.4 is 5.32 Å². The second-order valence-corrected chi connectivity index (χ2v) is 4.80. The summed E-state index contributed by atoms with van der Waals surface area (Å²) in [5.41, 5.74) is 5.32. The topological polar surface area (TPSA) is 17.0 Å². The van der Waals surface area contributed by atoms with Gasteiger partial charge in [0.25, 0.3) is 0 Å². The number of nitrogens with zero attached hydrogens (tertiary/aromatic N) is 1. The highest BCUT2D eigenvalue weighted by molar-refractivity contribution is 6.12. The molecule has 0 fully saturated rings. The first-order valence-corrected chi connectivity index (χ1v) is 6.10. The van der Waals surface area contributed by atoms with Crippen molar-refractivity contribution >= 4 is 27.5 Å². The molecule has 2 heteroatoms. The third kappa shape index (κ3) is 1.10. The molecule has 3 aromatic rings. The van der Waals surface area contributed by atoms with Crippen molar-refractivity contribution < 1.29 is 0 Å². The minimum atomic E-state index is 1.02. The molecule has 2 aromatic carbocycles. The zero-order valence-corrected chi connectivity index (χ0v) is 9.83. The summed E-state index contributed by atoms with van der Waals surface area (Å²) in [5, 5.41) is 6.23. The average molecular weight is 222 g/mol. The Labute approximate surface area is 99.9 Å². The van der Waals surface area contributed by atoms with E-state index in [1.54, 1.807) is 0 Å². The quantitative estimate of drug-likeness (QED) is 0.615. The third-order valence-corrected chi connectivity index (χ3v) is 3.69. The second kappa shape index (κ2) is 3.04. The van der Waals surface area contributed by atoms with E-state index in [2.05, 4.69) is 53.2 Å². The molecule has 0 bridgehead atoms. The van der Waals surface area contributed by atoms with E-state index in [-0.39, 0.29) is 0 Å². The Bertz CT molecular complexity index is 737. The van der Waals surface area contributed by atoms with Crippen molar-refractivity contribution in [2.24, 2.45) is 0 Å². The van der Waals surface area contributed by atoms with Crippen LogP contribution in [0.5, 0.6) is 0 Å². The number of nitrogens with one attached hydrogen (secondary N) is 1. The van der Waals surface area contributed by atoms with Crippen LogP contribution in [-0.2, 0) is 6.54 Å². The van der Waals surface area contributed by atoms with Crippen LogP contribution in [0.1, 0.15) is 5.56 Å². The molecule has 0 unspecified atom stereocenters. The fourth-order valence-corrected chi connectivity index (χ4v) is 2.95. The van der Waals surface area contributed by atoms with Crippen LogP contribution in [0.25, 0.3) is 21.8 Å². The van der Waals surface area contributed by atoms with Gasteiger partial charge in [0.1, 0.15) is 0 Å². The van der Waals surface area contributed by atoms with Crippen molar-refractivity contribution in [1.82, 2.24) is 4.57 Å². The summed E-state index contributed by atoms with van der Waals surface area (Å²) < 4.78 is 2.44. The van der Waals surface area contributed by atoms with Gasteiger partial charge in [-0.1, -0.05) is 23.8 Å². The lowest BCUT2D eigenvalue weighted by atomic mass is 10.1. The summed E-state index contributed by atoms with van der Waals surface area (Å²) in [6, 6.07) is 13.3. The number of aryl methyl sites for hydroxylation is 1. The van der Waals surface area contributed by atoms with Crippen LogP contribution in [0.4, 0.5) is 5.69 Å². The van der Waals surface area contributed by atoms with Crippen LogP contribution in [0, 0.1) is 6.92 Å². The molecule has 1 N–H and O–H groups in total. The summed E-state index contributed by atoms with van der Waals surface area (Å²) in [7, 11) is 0. The summed E-state index contributed by atoms with van der Waals surface area (Å²) in [6.45, 7) is 4.23. The molecule has 2 nitrogen and oxygen atoms in total. The lowest BCUT2D eigenvalue weighted by molar-refractivity contribution is 0.765. The monoisotopic (exact) mass is 222 g/mol. The number of aromatic nitrogens is 1. The second-order valence-electron chi connectivity index (χ2n) is 4.80. The minimum absolute atomic E-state index is 1.02. The summed E-state index contributed by atoms with van der Waals surface area (Å²) in [5.74, 6) is 0. The lowest BCUT2D eigenvalue weighted by Crippen LogP contribution is -2.16. The van der Waals surface area contributed by atoms with E-state index in [1.807, 2.05) is 0 Å². The smallest absolute Gasteiger partial charge is 0.0727 e. The van der Waals surface area contributed by atoms with E-state index in [0.717, 1.165) is 13.1 Å².